The van der Waals surface area contributed by atoms with E-state index in [1.54, 1.807) is 18.2 Å². The molecule has 102 valence electrons. The highest BCUT2D eigenvalue weighted by molar-refractivity contribution is 9.10. The average Bonchev–Trinajstić information content (AvgIpc) is 2.81. The summed E-state index contributed by atoms with van der Waals surface area (Å²) in [7, 11) is 0. The molecular weight excluding hydrogens is 312 g/mol. The highest BCUT2D eigenvalue weighted by Crippen LogP contribution is 2.26. The lowest BCUT2D eigenvalue weighted by Gasteiger charge is -2.13. The Hall–Kier alpha value is -1.56. The minimum absolute atomic E-state index is 0.0709. The van der Waals surface area contributed by atoms with Crippen LogP contribution in [0, 0.1) is 5.92 Å². The highest BCUT2D eigenvalue weighted by atomic mass is 79.9. The standard InChI is InChI=1S/C13H15BrN2O3/c14-10-4-2-7(6-11(10)15)12(17)16-9-3-1-8(5-9)13(18)19/h2,4,6,8-9H,1,3,5,15H2,(H,16,17)(H,18,19)/t8-,9+/m1/s1. The molecule has 2 atom stereocenters. The third-order valence-electron chi connectivity index (χ3n) is 3.38. The van der Waals surface area contributed by atoms with Crippen molar-refractivity contribution in [3.63, 3.8) is 0 Å². The van der Waals surface area contributed by atoms with Gasteiger partial charge in [0.25, 0.3) is 5.91 Å². The van der Waals surface area contributed by atoms with Crippen LogP contribution in [0.3, 0.4) is 0 Å². The Kier molecular flexibility index (Phi) is 4.09. The Morgan fingerprint density at radius 2 is 2.11 bits per heavy atom. The van der Waals surface area contributed by atoms with Crippen LogP contribution in [0.4, 0.5) is 5.69 Å². The number of carboxylic acids is 1. The van der Waals surface area contributed by atoms with E-state index in [1.165, 1.54) is 0 Å². The van der Waals surface area contributed by atoms with Crippen molar-refractivity contribution in [3.8, 4) is 0 Å². The van der Waals surface area contributed by atoms with Gasteiger partial charge >= 0.3 is 5.97 Å². The van der Waals surface area contributed by atoms with Crippen LogP contribution in [-0.2, 0) is 4.79 Å². The number of hydrogen-bond donors (Lipinski definition) is 3. The summed E-state index contributed by atoms with van der Waals surface area (Å²) < 4.78 is 0.746. The summed E-state index contributed by atoms with van der Waals surface area (Å²) in [6.07, 6.45) is 1.81. The third-order valence-corrected chi connectivity index (χ3v) is 4.10. The van der Waals surface area contributed by atoms with Crippen LogP contribution in [0.5, 0.6) is 0 Å². The highest BCUT2D eigenvalue weighted by Gasteiger charge is 2.30. The Bertz CT molecular complexity index is 519. The molecule has 6 heteroatoms. The Morgan fingerprint density at radius 1 is 1.37 bits per heavy atom. The lowest BCUT2D eigenvalue weighted by atomic mass is 10.1. The van der Waals surface area contributed by atoms with Crippen LogP contribution >= 0.6 is 15.9 Å². The van der Waals surface area contributed by atoms with Gasteiger partial charge in [-0.25, -0.2) is 0 Å². The molecule has 0 aliphatic heterocycles. The fourth-order valence-corrected chi connectivity index (χ4v) is 2.54. The van der Waals surface area contributed by atoms with E-state index in [-0.39, 0.29) is 17.9 Å². The summed E-state index contributed by atoms with van der Waals surface area (Å²) in [5, 5.41) is 11.8. The third kappa shape index (κ3) is 3.26. The lowest BCUT2D eigenvalue weighted by molar-refractivity contribution is -0.141. The molecule has 0 spiro atoms. The topological polar surface area (TPSA) is 92.4 Å². The number of nitrogen functional groups attached to an aromatic ring is 1. The molecule has 5 nitrogen and oxygen atoms in total. The second kappa shape index (κ2) is 5.61. The fraction of sp³-hybridized carbons (Fsp3) is 0.385. The van der Waals surface area contributed by atoms with Crippen molar-refractivity contribution in [1.29, 1.82) is 0 Å². The van der Waals surface area contributed by atoms with E-state index in [2.05, 4.69) is 21.2 Å². The van der Waals surface area contributed by atoms with Gasteiger partial charge in [-0.1, -0.05) is 0 Å². The fourth-order valence-electron chi connectivity index (χ4n) is 2.29. The summed E-state index contributed by atoms with van der Waals surface area (Å²) in [4.78, 5) is 22.9. The maximum Gasteiger partial charge on any atom is 0.306 e. The maximum atomic E-state index is 12.0. The van der Waals surface area contributed by atoms with Gasteiger partial charge in [-0.2, -0.15) is 0 Å². The van der Waals surface area contributed by atoms with E-state index in [0.29, 0.717) is 30.5 Å². The lowest BCUT2D eigenvalue weighted by Crippen LogP contribution is -2.33. The number of aliphatic carboxylic acids is 1. The molecule has 1 aliphatic rings. The summed E-state index contributed by atoms with van der Waals surface area (Å²) in [5.41, 5.74) is 6.71. The first kappa shape index (κ1) is 13.9. The van der Waals surface area contributed by atoms with E-state index >= 15 is 0 Å². The number of hydrogen-bond acceptors (Lipinski definition) is 3. The van der Waals surface area contributed by atoms with Gasteiger partial charge in [0.1, 0.15) is 0 Å². The minimum atomic E-state index is -0.787. The smallest absolute Gasteiger partial charge is 0.306 e. The number of benzene rings is 1. The average molecular weight is 327 g/mol. The van der Waals surface area contributed by atoms with Gasteiger partial charge in [-0.15, -0.1) is 0 Å². The minimum Gasteiger partial charge on any atom is -0.481 e. The van der Waals surface area contributed by atoms with Crippen LogP contribution in [0.2, 0.25) is 0 Å². The molecule has 0 bridgehead atoms. The van der Waals surface area contributed by atoms with Gasteiger partial charge in [0, 0.05) is 21.8 Å². The quantitative estimate of drug-likeness (QED) is 0.741. The molecular formula is C13H15BrN2O3. The summed E-state index contributed by atoms with van der Waals surface area (Å²) >= 11 is 3.27. The van der Waals surface area contributed by atoms with Crippen LogP contribution < -0.4 is 11.1 Å². The predicted molar refractivity (Wildman–Crippen MR) is 74.8 cm³/mol. The molecule has 1 aromatic carbocycles. The second-order valence-corrected chi connectivity index (χ2v) is 5.61. The normalized spacial score (nSPS) is 22.2. The molecule has 4 N–H and O–H groups in total. The molecule has 1 saturated carbocycles. The van der Waals surface area contributed by atoms with Crippen LogP contribution in [0.15, 0.2) is 22.7 Å². The van der Waals surface area contributed by atoms with Crippen molar-refractivity contribution >= 4 is 33.5 Å². The van der Waals surface area contributed by atoms with E-state index < -0.39 is 5.97 Å². The van der Waals surface area contributed by atoms with Crippen molar-refractivity contribution in [2.75, 3.05) is 5.73 Å². The molecule has 19 heavy (non-hydrogen) atoms. The summed E-state index contributed by atoms with van der Waals surface area (Å²) in [6.45, 7) is 0. The molecule has 1 aliphatic carbocycles. The first-order valence-electron chi connectivity index (χ1n) is 6.06. The monoisotopic (exact) mass is 326 g/mol. The van der Waals surface area contributed by atoms with Gasteiger partial charge in [-0.3, -0.25) is 9.59 Å². The molecule has 0 saturated heterocycles. The van der Waals surface area contributed by atoms with E-state index in [0.717, 1.165) is 4.47 Å². The number of carboxylic acid groups (broad SMARTS) is 1. The van der Waals surface area contributed by atoms with E-state index in [9.17, 15) is 9.59 Å². The van der Waals surface area contributed by atoms with Crippen molar-refractivity contribution in [2.24, 2.45) is 5.92 Å². The van der Waals surface area contributed by atoms with Crippen LogP contribution in [0.25, 0.3) is 0 Å². The van der Waals surface area contributed by atoms with E-state index in [1.807, 2.05) is 0 Å². The zero-order chi connectivity index (χ0) is 14.0. The zero-order valence-electron chi connectivity index (χ0n) is 10.2. The van der Waals surface area contributed by atoms with Crippen LogP contribution in [-0.4, -0.2) is 23.0 Å². The van der Waals surface area contributed by atoms with Crippen molar-refractivity contribution < 1.29 is 14.7 Å². The number of rotatable bonds is 3. The molecule has 1 aromatic rings. The number of halogens is 1. The predicted octanol–water partition coefficient (Wildman–Crippen LogP) is 2.01. The first-order valence-corrected chi connectivity index (χ1v) is 6.85. The second-order valence-electron chi connectivity index (χ2n) is 4.75. The molecule has 1 fully saturated rings. The van der Waals surface area contributed by atoms with Gasteiger partial charge in [0.15, 0.2) is 0 Å². The van der Waals surface area contributed by atoms with Gasteiger partial charge in [0.2, 0.25) is 0 Å². The maximum absolute atomic E-state index is 12.0. The molecule has 0 heterocycles. The largest absolute Gasteiger partial charge is 0.481 e. The molecule has 0 unspecified atom stereocenters. The van der Waals surface area contributed by atoms with Crippen molar-refractivity contribution in [2.45, 2.75) is 25.3 Å². The number of amides is 1. The number of carbonyl (C=O) groups excluding carboxylic acids is 1. The number of carbonyl (C=O) groups is 2. The Morgan fingerprint density at radius 3 is 2.68 bits per heavy atom. The summed E-state index contributed by atoms with van der Waals surface area (Å²) in [5.74, 6) is -1.35. The number of nitrogens with two attached hydrogens (primary N) is 1. The van der Waals surface area contributed by atoms with Crippen LogP contribution in [0.1, 0.15) is 29.6 Å². The molecule has 2 rings (SSSR count). The van der Waals surface area contributed by atoms with Gasteiger partial charge in [-0.05, 0) is 53.4 Å². The summed E-state index contributed by atoms with van der Waals surface area (Å²) in [6, 6.07) is 4.93. The SMILES string of the molecule is Nc1cc(C(=O)N[C@H]2CC[C@@H](C(=O)O)C2)ccc1Br. The Labute approximate surface area is 119 Å². The van der Waals surface area contributed by atoms with Crippen molar-refractivity contribution in [1.82, 2.24) is 5.32 Å². The van der Waals surface area contributed by atoms with Crippen molar-refractivity contribution in [3.05, 3.63) is 28.2 Å². The zero-order valence-corrected chi connectivity index (χ0v) is 11.8. The first-order chi connectivity index (χ1) is 8.97. The number of nitrogens with one attached hydrogen (secondary N) is 1. The molecule has 1 amide bonds. The Balaban J connectivity index is 1.98. The number of anilines is 1. The van der Waals surface area contributed by atoms with E-state index in [4.69, 9.17) is 10.8 Å². The molecule has 0 aromatic heterocycles. The molecule has 0 radical (unpaired) electrons. The van der Waals surface area contributed by atoms with Gasteiger partial charge in [0.05, 0.1) is 5.92 Å². The van der Waals surface area contributed by atoms with Gasteiger partial charge < -0.3 is 16.2 Å².